The minimum absolute atomic E-state index is 0.0567. The van der Waals surface area contributed by atoms with E-state index in [1.807, 2.05) is 0 Å². The highest BCUT2D eigenvalue weighted by atomic mass is 35.5. The fraction of sp³-hybridized carbons (Fsp3) is 0. The molecule has 0 unspecified atom stereocenters. The molecule has 0 atom stereocenters. The summed E-state index contributed by atoms with van der Waals surface area (Å²) in [6.07, 6.45) is 0. The van der Waals surface area contributed by atoms with Crippen molar-refractivity contribution in [1.29, 1.82) is 5.41 Å². The van der Waals surface area contributed by atoms with Crippen LogP contribution in [0.15, 0.2) is 42.5 Å². The maximum atomic E-state index is 7.47. The summed E-state index contributed by atoms with van der Waals surface area (Å²) in [6, 6.07) is 11.9. The molecule has 3 N–H and O–H groups in total. The standard InChI is InChI=1S/C13H10Cl2N2O/c14-8-5-9(15)7-10(6-8)18-12-4-2-1-3-11(12)13(16)17/h1-7H,(H3,16,17). The van der Waals surface area contributed by atoms with Gasteiger partial charge in [0.25, 0.3) is 0 Å². The van der Waals surface area contributed by atoms with E-state index in [-0.39, 0.29) is 5.84 Å². The van der Waals surface area contributed by atoms with Gasteiger partial charge in [-0.05, 0) is 30.3 Å². The Kier molecular flexibility index (Phi) is 3.75. The van der Waals surface area contributed by atoms with Crippen molar-refractivity contribution in [2.75, 3.05) is 0 Å². The number of nitrogens with one attached hydrogen (secondary N) is 1. The maximum absolute atomic E-state index is 7.47. The van der Waals surface area contributed by atoms with Crippen LogP contribution in [0.1, 0.15) is 5.56 Å². The molecule has 0 aliphatic heterocycles. The van der Waals surface area contributed by atoms with Gasteiger partial charge in [0, 0.05) is 10.0 Å². The predicted octanol–water partition coefficient (Wildman–Crippen LogP) is 4.07. The molecular weight excluding hydrogens is 271 g/mol. The minimum atomic E-state index is -0.0567. The zero-order valence-corrected chi connectivity index (χ0v) is 10.8. The van der Waals surface area contributed by atoms with Crippen LogP contribution in [0, 0.1) is 5.41 Å². The molecule has 0 aliphatic carbocycles. The summed E-state index contributed by atoms with van der Waals surface area (Å²) in [6.45, 7) is 0. The Hall–Kier alpha value is -1.71. The Morgan fingerprint density at radius 2 is 1.67 bits per heavy atom. The van der Waals surface area contributed by atoms with E-state index in [2.05, 4.69) is 0 Å². The number of nitrogens with two attached hydrogens (primary N) is 1. The Balaban J connectivity index is 2.37. The quantitative estimate of drug-likeness (QED) is 0.658. The van der Waals surface area contributed by atoms with Gasteiger partial charge in [-0.25, -0.2) is 0 Å². The highest BCUT2D eigenvalue weighted by molar-refractivity contribution is 6.34. The summed E-state index contributed by atoms with van der Waals surface area (Å²) < 4.78 is 5.64. The van der Waals surface area contributed by atoms with Crippen LogP contribution in [0.2, 0.25) is 10.0 Å². The monoisotopic (exact) mass is 280 g/mol. The van der Waals surface area contributed by atoms with Crippen LogP contribution < -0.4 is 10.5 Å². The normalized spacial score (nSPS) is 10.1. The Labute approximate surface area is 115 Å². The molecule has 2 aromatic carbocycles. The van der Waals surface area contributed by atoms with Crippen LogP contribution >= 0.6 is 23.2 Å². The van der Waals surface area contributed by atoms with E-state index in [1.54, 1.807) is 42.5 Å². The van der Waals surface area contributed by atoms with Gasteiger partial charge in [0.15, 0.2) is 0 Å². The van der Waals surface area contributed by atoms with Gasteiger partial charge in [-0.1, -0.05) is 35.3 Å². The van der Waals surface area contributed by atoms with E-state index in [9.17, 15) is 0 Å². The number of nitrogen functional groups attached to an aromatic ring is 1. The summed E-state index contributed by atoms with van der Waals surface area (Å²) in [7, 11) is 0. The summed E-state index contributed by atoms with van der Waals surface area (Å²) in [5, 5.41) is 8.44. The van der Waals surface area contributed by atoms with E-state index in [0.717, 1.165) is 0 Å². The number of halogens is 2. The van der Waals surface area contributed by atoms with E-state index in [4.69, 9.17) is 39.1 Å². The smallest absolute Gasteiger partial charge is 0.138 e. The number of ether oxygens (including phenoxy) is 1. The highest BCUT2D eigenvalue weighted by Gasteiger charge is 2.07. The van der Waals surface area contributed by atoms with Crippen LogP contribution in [0.3, 0.4) is 0 Å². The third-order valence-corrected chi connectivity index (χ3v) is 2.68. The number of benzene rings is 2. The summed E-state index contributed by atoms with van der Waals surface area (Å²) in [5.41, 5.74) is 6.00. The van der Waals surface area contributed by atoms with Crippen molar-refractivity contribution in [2.24, 2.45) is 5.73 Å². The fourth-order valence-corrected chi connectivity index (χ4v) is 2.00. The average Bonchev–Trinajstić information content (AvgIpc) is 2.27. The van der Waals surface area contributed by atoms with E-state index < -0.39 is 0 Å². The van der Waals surface area contributed by atoms with Crippen LogP contribution in [0.4, 0.5) is 0 Å². The zero-order valence-electron chi connectivity index (χ0n) is 9.28. The molecule has 92 valence electrons. The maximum Gasteiger partial charge on any atom is 0.138 e. The third-order valence-electron chi connectivity index (χ3n) is 2.24. The van der Waals surface area contributed by atoms with Gasteiger partial charge in [-0.15, -0.1) is 0 Å². The number of hydrogen-bond acceptors (Lipinski definition) is 2. The molecule has 0 heterocycles. The van der Waals surface area contributed by atoms with Gasteiger partial charge >= 0.3 is 0 Å². The molecule has 2 aromatic rings. The lowest BCUT2D eigenvalue weighted by Gasteiger charge is -2.10. The van der Waals surface area contributed by atoms with Gasteiger partial charge in [-0.2, -0.15) is 0 Å². The molecule has 0 saturated carbocycles. The van der Waals surface area contributed by atoms with Crippen LogP contribution in [0.25, 0.3) is 0 Å². The van der Waals surface area contributed by atoms with Gasteiger partial charge in [-0.3, -0.25) is 5.41 Å². The second kappa shape index (κ2) is 5.29. The molecule has 0 aromatic heterocycles. The molecule has 18 heavy (non-hydrogen) atoms. The highest BCUT2D eigenvalue weighted by Crippen LogP contribution is 2.29. The van der Waals surface area contributed by atoms with Crippen molar-refractivity contribution in [1.82, 2.24) is 0 Å². The lowest BCUT2D eigenvalue weighted by molar-refractivity contribution is 0.481. The second-order valence-electron chi connectivity index (χ2n) is 3.62. The van der Waals surface area contributed by atoms with E-state index >= 15 is 0 Å². The second-order valence-corrected chi connectivity index (χ2v) is 4.49. The summed E-state index contributed by atoms with van der Waals surface area (Å²) >= 11 is 11.8. The molecular formula is C13H10Cl2N2O. The zero-order chi connectivity index (χ0) is 13.1. The van der Waals surface area contributed by atoms with Gasteiger partial charge in [0.2, 0.25) is 0 Å². The number of para-hydroxylation sites is 1. The first-order valence-electron chi connectivity index (χ1n) is 5.13. The lowest BCUT2D eigenvalue weighted by Crippen LogP contribution is -2.12. The molecule has 0 saturated heterocycles. The third kappa shape index (κ3) is 2.94. The molecule has 0 radical (unpaired) electrons. The summed E-state index contributed by atoms with van der Waals surface area (Å²) in [5.74, 6) is 0.934. The largest absolute Gasteiger partial charge is 0.456 e. The lowest BCUT2D eigenvalue weighted by atomic mass is 10.2. The number of amidine groups is 1. The Morgan fingerprint density at radius 1 is 1.06 bits per heavy atom. The molecule has 0 spiro atoms. The van der Waals surface area contributed by atoms with Crippen molar-refractivity contribution in [3.8, 4) is 11.5 Å². The van der Waals surface area contributed by atoms with Gasteiger partial charge in [0.1, 0.15) is 17.3 Å². The number of hydrogen-bond donors (Lipinski definition) is 2. The van der Waals surface area contributed by atoms with E-state index in [1.165, 1.54) is 0 Å². The van der Waals surface area contributed by atoms with Crippen molar-refractivity contribution in [3.63, 3.8) is 0 Å². The first-order chi connectivity index (χ1) is 8.56. The van der Waals surface area contributed by atoms with Crippen LogP contribution in [-0.4, -0.2) is 5.84 Å². The molecule has 0 fully saturated rings. The van der Waals surface area contributed by atoms with Gasteiger partial charge in [0.05, 0.1) is 5.56 Å². The van der Waals surface area contributed by atoms with Crippen molar-refractivity contribution < 1.29 is 4.74 Å². The summed E-state index contributed by atoms with van der Waals surface area (Å²) in [4.78, 5) is 0. The first kappa shape index (κ1) is 12.7. The average molecular weight is 281 g/mol. The Bertz CT molecular complexity index is 579. The van der Waals surface area contributed by atoms with Crippen LogP contribution in [0.5, 0.6) is 11.5 Å². The van der Waals surface area contributed by atoms with Crippen molar-refractivity contribution >= 4 is 29.0 Å². The van der Waals surface area contributed by atoms with Crippen LogP contribution in [-0.2, 0) is 0 Å². The molecule has 0 aliphatic rings. The van der Waals surface area contributed by atoms with E-state index in [0.29, 0.717) is 27.1 Å². The predicted molar refractivity (Wildman–Crippen MR) is 74.0 cm³/mol. The van der Waals surface area contributed by atoms with Crippen molar-refractivity contribution in [2.45, 2.75) is 0 Å². The first-order valence-corrected chi connectivity index (χ1v) is 5.89. The van der Waals surface area contributed by atoms with Gasteiger partial charge < -0.3 is 10.5 Å². The fourth-order valence-electron chi connectivity index (χ4n) is 1.49. The molecule has 0 amide bonds. The topological polar surface area (TPSA) is 59.1 Å². The molecule has 5 heteroatoms. The molecule has 0 bridgehead atoms. The Morgan fingerprint density at radius 3 is 2.28 bits per heavy atom. The molecule has 2 rings (SSSR count). The van der Waals surface area contributed by atoms with Crippen molar-refractivity contribution in [3.05, 3.63) is 58.1 Å². The molecule has 3 nitrogen and oxygen atoms in total. The number of rotatable bonds is 3. The minimum Gasteiger partial charge on any atom is -0.456 e. The SMILES string of the molecule is N=C(N)c1ccccc1Oc1cc(Cl)cc(Cl)c1.